The zero-order valence-electron chi connectivity index (χ0n) is 9.30. The summed E-state index contributed by atoms with van der Waals surface area (Å²) in [6.45, 7) is 2.14. The van der Waals surface area contributed by atoms with Crippen LogP contribution in [0.15, 0.2) is 17.1 Å². The largest absolute Gasteiger partial charge is 0.476 e. The third-order valence-corrected chi connectivity index (χ3v) is 2.81. The average Bonchev–Trinajstić information content (AvgIpc) is 2.94. The second-order valence-corrected chi connectivity index (χ2v) is 4.08. The predicted molar refractivity (Wildman–Crippen MR) is 55.6 cm³/mol. The van der Waals surface area contributed by atoms with Crippen molar-refractivity contribution in [1.29, 1.82) is 0 Å². The molecule has 0 aromatic carbocycles. The van der Waals surface area contributed by atoms with E-state index in [1.807, 2.05) is 0 Å². The number of carboxylic acid groups (broad SMARTS) is 1. The summed E-state index contributed by atoms with van der Waals surface area (Å²) in [5.41, 5.74) is -0.0355. The molecular weight excluding hydrogens is 240 g/mol. The highest BCUT2D eigenvalue weighted by molar-refractivity contribution is 5.84. The molecule has 0 spiro atoms. The Morgan fingerprint density at radius 1 is 1.56 bits per heavy atom. The maximum Gasteiger partial charge on any atom is 0.358 e. The van der Waals surface area contributed by atoms with E-state index in [1.54, 1.807) is 4.68 Å². The molecule has 0 bridgehead atoms. The molecule has 3 rings (SSSR count). The van der Waals surface area contributed by atoms with Crippen molar-refractivity contribution in [2.75, 3.05) is 13.1 Å². The summed E-state index contributed by atoms with van der Waals surface area (Å²) in [6.07, 6.45) is 2.74. The van der Waals surface area contributed by atoms with Gasteiger partial charge in [0.05, 0.1) is 18.8 Å². The van der Waals surface area contributed by atoms with Gasteiger partial charge < -0.3 is 9.63 Å². The second-order valence-electron chi connectivity index (χ2n) is 4.08. The van der Waals surface area contributed by atoms with Crippen LogP contribution in [0, 0.1) is 0 Å². The van der Waals surface area contributed by atoms with Gasteiger partial charge in [-0.25, -0.2) is 9.48 Å². The molecule has 9 heteroatoms. The molecule has 0 aliphatic carbocycles. The van der Waals surface area contributed by atoms with Crippen LogP contribution in [0.4, 0.5) is 0 Å². The molecule has 0 saturated carbocycles. The molecule has 1 fully saturated rings. The van der Waals surface area contributed by atoms with E-state index in [0.717, 1.165) is 13.1 Å². The van der Waals surface area contributed by atoms with Crippen molar-refractivity contribution >= 4 is 5.97 Å². The van der Waals surface area contributed by atoms with E-state index in [0.29, 0.717) is 12.4 Å². The van der Waals surface area contributed by atoms with Crippen molar-refractivity contribution in [2.45, 2.75) is 12.6 Å². The summed E-state index contributed by atoms with van der Waals surface area (Å²) in [7, 11) is 0. The normalized spacial score (nSPS) is 16.7. The van der Waals surface area contributed by atoms with Gasteiger partial charge in [0, 0.05) is 13.1 Å². The second kappa shape index (κ2) is 4.18. The summed E-state index contributed by atoms with van der Waals surface area (Å²) in [4.78, 5) is 16.7. The zero-order valence-corrected chi connectivity index (χ0v) is 9.30. The van der Waals surface area contributed by atoms with Gasteiger partial charge in [-0.1, -0.05) is 10.4 Å². The number of likely N-dealkylation sites (tertiary alicyclic amines) is 1. The van der Waals surface area contributed by atoms with Crippen LogP contribution in [-0.2, 0) is 6.54 Å². The number of hydrogen-bond acceptors (Lipinski definition) is 7. The van der Waals surface area contributed by atoms with E-state index in [4.69, 9.17) is 5.11 Å². The van der Waals surface area contributed by atoms with Gasteiger partial charge in [-0.15, -0.1) is 5.10 Å². The molecule has 9 nitrogen and oxygen atoms in total. The molecule has 1 N–H and O–H groups in total. The minimum atomic E-state index is -1.07. The van der Waals surface area contributed by atoms with E-state index in [1.165, 1.54) is 12.6 Å². The van der Waals surface area contributed by atoms with Gasteiger partial charge in [0.25, 0.3) is 0 Å². The standard InChI is InChI=1S/C9H10N6O3/c16-9(17)7-3-15(13-11-7)6-1-14(2-6)4-8-10-5-18-12-8/h3,5-6H,1-2,4H2,(H,16,17). The molecule has 1 saturated heterocycles. The molecule has 2 aromatic heterocycles. The van der Waals surface area contributed by atoms with Crippen LogP contribution in [0.1, 0.15) is 22.4 Å². The van der Waals surface area contributed by atoms with Crippen molar-refractivity contribution in [1.82, 2.24) is 30.0 Å². The first kappa shape index (κ1) is 10.8. The van der Waals surface area contributed by atoms with E-state index in [9.17, 15) is 4.79 Å². The fourth-order valence-corrected chi connectivity index (χ4v) is 1.85. The predicted octanol–water partition coefficient (Wildman–Crippen LogP) is -0.584. The number of carboxylic acids is 1. The number of rotatable bonds is 4. The molecule has 0 amide bonds. The first-order valence-electron chi connectivity index (χ1n) is 5.35. The van der Waals surface area contributed by atoms with Gasteiger partial charge in [0.2, 0.25) is 6.39 Å². The van der Waals surface area contributed by atoms with Crippen LogP contribution >= 0.6 is 0 Å². The monoisotopic (exact) mass is 250 g/mol. The lowest BCUT2D eigenvalue weighted by molar-refractivity contribution is 0.0689. The van der Waals surface area contributed by atoms with Crippen molar-refractivity contribution in [2.24, 2.45) is 0 Å². The fraction of sp³-hybridized carbons (Fsp3) is 0.444. The van der Waals surface area contributed by atoms with Gasteiger partial charge >= 0.3 is 5.97 Å². The Kier molecular flexibility index (Phi) is 2.52. The lowest BCUT2D eigenvalue weighted by Crippen LogP contribution is -2.47. The van der Waals surface area contributed by atoms with Crippen LogP contribution in [0.5, 0.6) is 0 Å². The first-order chi connectivity index (χ1) is 8.72. The van der Waals surface area contributed by atoms with Gasteiger partial charge in [-0.05, 0) is 0 Å². The summed E-state index contributed by atoms with van der Waals surface area (Å²) in [5.74, 6) is -0.428. The summed E-state index contributed by atoms with van der Waals surface area (Å²) in [6, 6.07) is 0.150. The first-order valence-corrected chi connectivity index (χ1v) is 5.35. The minimum Gasteiger partial charge on any atom is -0.476 e. The number of aromatic nitrogens is 5. The highest BCUT2D eigenvalue weighted by atomic mass is 16.5. The molecule has 94 valence electrons. The van der Waals surface area contributed by atoms with E-state index in [-0.39, 0.29) is 11.7 Å². The van der Waals surface area contributed by atoms with Gasteiger partial charge in [0.1, 0.15) is 0 Å². The van der Waals surface area contributed by atoms with Crippen LogP contribution in [0.2, 0.25) is 0 Å². The fourth-order valence-electron chi connectivity index (χ4n) is 1.85. The van der Waals surface area contributed by atoms with Crippen LogP contribution in [0.25, 0.3) is 0 Å². The Labute approximate surface area is 101 Å². The molecule has 1 aliphatic rings. The van der Waals surface area contributed by atoms with E-state index < -0.39 is 5.97 Å². The lowest BCUT2D eigenvalue weighted by Gasteiger charge is -2.37. The summed E-state index contributed by atoms with van der Waals surface area (Å²) < 4.78 is 6.22. The summed E-state index contributed by atoms with van der Waals surface area (Å²) >= 11 is 0. The third kappa shape index (κ3) is 1.95. The quantitative estimate of drug-likeness (QED) is 0.767. The van der Waals surface area contributed by atoms with Crippen molar-refractivity contribution < 1.29 is 14.4 Å². The number of carbonyl (C=O) groups is 1. The Morgan fingerprint density at radius 3 is 3.00 bits per heavy atom. The highest BCUT2D eigenvalue weighted by Crippen LogP contribution is 2.21. The van der Waals surface area contributed by atoms with Crippen molar-refractivity contribution in [3.8, 4) is 0 Å². The maximum absolute atomic E-state index is 10.7. The molecule has 0 radical (unpaired) electrons. The van der Waals surface area contributed by atoms with Crippen LogP contribution in [0.3, 0.4) is 0 Å². The highest BCUT2D eigenvalue weighted by Gasteiger charge is 2.30. The van der Waals surface area contributed by atoms with Crippen LogP contribution in [-0.4, -0.2) is 54.2 Å². The minimum absolute atomic E-state index is 0.0355. The molecule has 3 heterocycles. The smallest absolute Gasteiger partial charge is 0.358 e. The summed E-state index contributed by atoms with van der Waals surface area (Å²) in [5, 5.41) is 19.8. The van der Waals surface area contributed by atoms with Crippen molar-refractivity contribution in [3.05, 3.63) is 24.1 Å². The van der Waals surface area contributed by atoms with Gasteiger partial charge in [-0.2, -0.15) is 4.98 Å². The zero-order chi connectivity index (χ0) is 12.5. The van der Waals surface area contributed by atoms with Crippen LogP contribution < -0.4 is 0 Å². The molecule has 18 heavy (non-hydrogen) atoms. The Morgan fingerprint density at radius 2 is 2.39 bits per heavy atom. The molecule has 2 aromatic rings. The average molecular weight is 250 g/mol. The number of nitrogens with zero attached hydrogens (tertiary/aromatic N) is 6. The topological polar surface area (TPSA) is 110 Å². The molecule has 0 unspecified atom stereocenters. The van der Waals surface area contributed by atoms with Gasteiger partial charge in [-0.3, -0.25) is 4.90 Å². The molecular formula is C9H10N6O3. The Balaban J connectivity index is 1.56. The Bertz CT molecular complexity index is 544. The number of hydrogen-bond donors (Lipinski definition) is 1. The number of aromatic carboxylic acids is 1. The molecule has 0 atom stereocenters. The van der Waals surface area contributed by atoms with E-state index >= 15 is 0 Å². The maximum atomic E-state index is 10.7. The molecule has 1 aliphatic heterocycles. The third-order valence-electron chi connectivity index (χ3n) is 2.81. The van der Waals surface area contributed by atoms with E-state index in [2.05, 4.69) is 29.9 Å². The Hall–Kier alpha value is -2.29. The van der Waals surface area contributed by atoms with Crippen molar-refractivity contribution in [3.63, 3.8) is 0 Å². The van der Waals surface area contributed by atoms with Gasteiger partial charge in [0.15, 0.2) is 11.5 Å². The lowest BCUT2D eigenvalue weighted by atomic mass is 10.1. The SMILES string of the molecule is O=C(O)c1cn(C2CN(Cc3ncon3)C2)nn1.